The number of hydrogen-bond donors (Lipinski definition) is 2. The van der Waals surface area contributed by atoms with Crippen molar-refractivity contribution < 1.29 is 14.1 Å². The zero-order valence-corrected chi connectivity index (χ0v) is 15.2. The van der Waals surface area contributed by atoms with Crippen molar-refractivity contribution in [1.29, 1.82) is 0 Å². The van der Waals surface area contributed by atoms with Crippen LogP contribution in [0, 0.1) is 15.9 Å². The van der Waals surface area contributed by atoms with Gasteiger partial charge in [0.15, 0.2) is 4.34 Å². The van der Waals surface area contributed by atoms with E-state index < -0.39 is 10.8 Å². The van der Waals surface area contributed by atoms with E-state index >= 15 is 0 Å². The summed E-state index contributed by atoms with van der Waals surface area (Å²) < 4.78 is 13.4. The summed E-state index contributed by atoms with van der Waals surface area (Å²) in [6.07, 6.45) is 0. The Hall–Kier alpha value is -3.05. The molecule has 138 valence electrons. The molecule has 0 bridgehead atoms. The molecule has 0 aliphatic rings. The standard InChI is InChI=1S/C16H12FN5O3S2/c17-11-4-1-9(2-5-11)8-19-15-20-21-16(27-15)26-13-6-3-10(14(18)23)7-12(13)22(24)25/h1-7H,8H2,(H2,18,23)(H,19,20). The fourth-order valence-corrected chi connectivity index (χ4v) is 3.89. The number of hydrogen-bond acceptors (Lipinski definition) is 8. The third-order valence-corrected chi connectivity index (χ3v) is 5.40. The Balaban J connectivity index is 1.71. The van der Waals surface area contributed by atoms with Gasteiger partial charge in [0.1, 0.15) is 5.82 Å². The molecule has 0 aliphatic heterocycles. The van der Waals surface area contributed by atoms with Crippen LogP contribution in [-0.4, -0.2) is 21.0 Å². The fourth-order valence-electron chi connectivity index (χ4n) is 2.10. The number of anilines is 1. The smallest absolute Gasteiger partial charge is 0.284 e. The summed E-state index contributed by atoms with van der Waals surface area (Å²) in [6, 6.07) is 10.1. The SMILES string of the molecule is NC(=O)c1ccc(Sc2nnc(NCc3ccc(F)cc3)s2)c([N+](=O)[O-])c1. The van der Waals surface area contributed by atoms with Crippen LogP contribution in [-0.2, 0) is 6.54 Å². The highest BCUT2D eigenvalue weighted by Gasteiger charge is 2.19. The lowest BCUT2D eigenvalue weighted by Crippen LogP contribution is -2.11. The summed E-state index contributed by atoms with van der Waals surface area (Å²) >= 11 is 2.29. The van der Waals surface area contributed by atoms with Gasteiger partial charge >= 0.3 is 0 Å². The molecule has 0 atom stereocenters. The highest BCUT2D eigenvalue weighted by molar-refractivity contribution is 8.01. The Morgan fingerprint density at radius 3 is 2.67 bits per heavy atom. The summed E-state index contributed by atoms with van der Waals surface area (Å²) in [4.78, 5) is 22.2. The Labute approximate surface area is 160 Å². The van der Waals surface area contributed by atoms with Crippen molar-refractivity contribution in [2.75, 3.05) is 5.32 Å². The second kappa shape index (κ2) is 8.10. The van der Waals surface area contributed by atoms with Gasteiger partial charge in [-0.25, -0.2) is 4.39 Å². The van der Waals surface area contributed by atoms with Gasteiger partial charge in [0.2, 0.25) is 11.0 Å². The highest BCUT2D eigenvalue weighted by atomic mass is 32.2. The number of halogens is 1. The number of nitro benzene ring substituents is 1. The van der Waals surface area contributed by atoms with E-state index in [0.717, 1.165) is 23.4 Å². The molecule has 3 N–H and O–H groups in total. The average Bonchev–Trinajstić information content (AvgIpc) is 3.08. The molecular weight excluding hydrogens is 393 g/mol. The van der Waals surface area contributed by atoms with Gasteiger partial charge in [-0.3, -0.25) is 14.9 Å². The molecule has 1 amide bonds. The zero-order chi connectivity index (χ0) is 19.4. The summed E-state index contributed by atoms with van der Waals surface area (Å²) in [6.45, 7) is 0.438. The van der Waals surface area contributed by atoms with Crippen molar-refractivity contribution >= 4 is 39.8 Å². The molecule has 11 heteroatoms. The lowest BCUT2D eigenvalue weighted by molar-refractivity contribution is -0.387. The van der Waals surface area contributed by atoms with Gasteiger partial charge in [-0.15, -0.1) is 10.2 Å². The molecule has 8 nitrogen and oxygen atoms in total. The summed E-state index contributed by atoms with van der Waals surface area (Å²) in [5.74, 6) is -1.05. The predicted molar refractivity (Wildman–Crippen MR) is 99.4 cm³/mol. The van der Waals surface area contributed by atoms with Gasteiger partial charge in [-0.2, -0.15) is 0 Å². The lowest BCUT2D eigenvalue weighted by atomic mass is 10.2. The van der Waals surface area contributed by atoms with E-state index in [-0.39, 0.29) is 17.1 Å². The molecule has 0 spiro atoms. The van der Waals surface area contributed by atoms with E-state index in [1.54, 1.807) is 12.1 Å². The number of carbonyl (C=O) groups is 1. The molecule has 0 aliphatic carbocycles. The first-order valence-corrected chi connectivity index (χ1v) is 9.13. The molecular formula is C16H12FN5O3S2. The second-order valence-corrected chi connectivity index (χ2v) is 7.53. The summed E-state index contributed by atoms with van der Waals surface area (Å²) in [7, 11) is 0. The van der Waals surface area contributed by atoms with Gasteiger partial charge in [0.05, 0.1) is 9.82 Å². The van der Waals surface area contributed by atoms with Crippen LogP contribution in [0.4, 0.5) is 15.2 Å². The molecule has 0 saturated heterocycles. The number of amides is 1. The van der Waals surface area contributed by atoms with Crippen molar-refractivity contribution in [2.45, 2.75) is 15.8 Å². The molecule has 1 heterocycles. The molecule has 0 saturated carbocycles. The number of aromatic nitrogens is 2. The van der Waals surface area contributed by atoms with E-state index in [4.69, 9.17) is 5.73 Å². The Morgan fingerprint density at radius 2 is 2.00 bits per heavy atom. The monoisotopic (exact) mass is 405 g/mol. The molecule has 3 rings (SSSR count). The van der Waals surface area contributed by atoms with Crippen LogP contribution >= 0.6 is 23.1 Å². The van der Waals surface area contributed by atoms with Crippen LogP contribution in [0.3, 0.4) is 0 Å². The fraction of sp³-hybridized carbons (Fsp3) is 0.0625. The normalized spacial score (nSPS) is 10.6. The third kappa shape index (κ3) is 4.77. The molecule has 3 aromatic rings. The largest absolute Gasteiger partial charge is 0.366 e. The van der Waals surface area contributed by atoms with Crippen LogP contribution in [0.25, 0.3) is 0 Å². The Bertz CT molecular complexity index is 994. The number of nitrogens with two attached hydrogens (primary N) is 1. The molecule has 0 fully saturated rings. The Morgan fingerprint density at radius 1 is 1.26 bits per heavy atom. The molecule has 1 aromatic heterocycles. The van der Waals surface area contributed by atoms with Gasteiger partial charge in [-0.05, 0) is 41.6 Å². The quantitative estimate of drug-likeness (QED) is 0.456. The van der Waals surface area contributed by atoms with Crippen LogP contribution < -0.4 is 11.1 Å². The van der Waals surface area contributed by atoms with E-state index in [1.165, 1.54) is 35.6 Å². The van der Waals surface area contributed by atoms with Crippen molar-refractivity contribution in [3.63, 3.8) is 0 Å². The van der Waals surface area contributed by atoms with Crippen LogP contribution in [0.2, 0.25) is 0 Å². The van der Waals surface area contributed by atoms with Crippen LogP contribution in [0.15, 0.2) is 51.7 Å². The van der Waals surface area contributed by atoms with Gasteiger partial charge in [0.25, 0.3) is 5.69 Å². The lowest BCUT2D eigenvalue weighted by Gasteiger charge is -2.02. The minimum atomic E-state index is -0.738. The number of rotatable bonds is 7. The van der Waals surface area contributed by atoms with Crippen molar-refractivity contribution in [3.8, 4) is 0 Å². The van der Waals surface area contributed by atoms with E-state index in [9.17, 15) is 19.3 Å². The van der Waals surface area contributed by atoms with E-state index in [2.05, 4.69) is 15.5 Å². The van der Waals surface area contributed by atoms with Gasteiger partial charge in [0, 0.05) is 18.2 Å². The average molecular weight is 405 g/mol. The molecule has 0 unspecified atom stereocenters. The maximum absolute atomic E-state index is 12.9. The zero-order valence-electron chi connectivity index (χ0n) is 13.6. The van der Waals surface area contributed by atoms with Gasteiger partial charge < -0.3 is 11.1 Å². The molecule has 0 radical (unpaired) electrons. The van der Waals surface area contributed by atoms with Crippen LogP contribution in [0.1, 0.15) is 15.9 Å². The Kier molecular flexibility index (Phi) is 5.62. The molecule has 2 aromatic carbocycles. The highest BCUT2D eigenvalue weighted by Crippen LogP contribution is 2.37. The number of benzene rings is 2. The second-order valence-electron chi connectivity index (χ2n) is 5.26. The van der Waals surface area contributed by atoms with Crippen molar-refractivity contribution in [3.05, 3.63) is 69.5 Å². The first-order chi connectivity index (χ1) is 12.9. The summed E-state index contributed by atoms with van der Waals surface area (Å²) in [5, 5.41) is 22.8. The first kappa shape index (κ1) is 18.7. The number of primary amides is 1. The topological polar surface area (TPSA) is 124 Å². The number of carbonyl (C=O) groups excluding carboxylic acids is 1. The predicted octanol–water partition coefficient (Wildman–Crippen LogP) is 3.45. The van der Waals surface area contributed by atoms with E-state index in [1.807, 2.05) is 0 Å². The minimum Gasteiger partial charge on any atom is -0.366 e. The molecule has 27 heavy (non-hydrogen) atoms. The van der Waals surface area contributed by atoms with Crippen molar-refractivity contribution in [2.24, 2.45) is 5.73 Å². The maximum Gasteiger partial charge on any atom is 0.284 e. The van der Waals surface area contributed by atoms with Crippen molar-refractivity contribution in [1.82, 2.24) is 10.2 Å². The summed E-state index contributed by atoms with van der Waals surface area (Å²) in [5.41, 5.74) is 5.87. The number of nitro groups is 1. The maximum atomic E-state index is 12.9. The third-order valence-electron chi connectivity index (χ3n) is 3.40. The van der Waals surface area contributed by atoms with E-state index in [0.29, 0.717) is 20.9 Å². The number of nitrogens with one attached hydrogen (secondary N) is 1. The van der Waals surface area contributed by atoms with Crippen LogP contribution in [0.5, 0.6) is 0 Å². The van der Waals surface area contributed by atoms with Gasteiger partial charge in [-0.1, -0.05) is 23.5 Å². The minimum absolute atomic E-state index is 0.0602. The number of nitrogens with zero attached hydrogens (tertiary/aromatic N) is 3. The first-order valence-electron chi connectivity index (χ1n) is 7.50.